The van der Waals surface area contributed by atoms with Gasteiger partial charge in [-0.15, -0.1) is 11.6 Å². The summed E-state index contributed by atoms with van der Waals surface area (Å²) in [4.78, 5) is 11.0. The lowest BCUT2D eigenvalue weighted by molar-refractivity contribution is 0.342. The van der Waals surface area contributed by atoms with E-state index in [-0.39, 0.29) is 12.4 Å². The second-order valence-corrected chi connectivity index (χ2v) is 10.3. The zero-order valence-electron chi connectivity index (χ0n) is 19.6. The third-order valence-electron chi connectivity index (χ3n) is 6.00. The Morgan fingerprint density at radius 3 is 2.51 bits per heavy atom. The summed E-state index contributed by atoms with van der Waals surface area (Å²) in [5.41, 5.74) is 5.94. The van der Waals surface area contributed by atoms with E-state index in [2.05, 4.69) is 20.9 Å². The number of aromatic nitrogens is 2. The van der Waals surface area contributed by atoms with Crippen LogP contribution in [0.2, 0.25) is 5.02 Å². The molecule has 1 saturated carbocycles. The number of nitrogens with zero attached hydrogens (tertiary/aromatic N) is 4. The molecule has 7 nitrogen and oxygen atoms in total. The molecule has 0 spiro atoms. The predicted molar refractivity (Wildman–Crippen MR) is 145 cm³/mol. The summed E-state index contributed by atoms with van der Waals surface area (Å²) in [5.74, 6) is 0.499. The largest absolute Gasteiger partial charge is 0.772 e. The summed E-state index contributed by atoms with van der Waals surface area (Å²) in [6.45, 7) is 0.270. The number of benzene rings is 3. The summed E-state index contributed by atoms with van der Waals surface area (Å²) in [7, 11) is 0. The lowest BCUT2D eigenvalue weighted by Gasteiger charge is -2.26. The fourth-order valence-corrected chi connectivity index (χ4v) is 4.95. The number of anilines is 2. The van der Waals surface area contributed by atoms with Gasteiger partial charge in [-0.05, 0) is 71.4 Å². The minimum absolute atomic E-state index is 0.159. The molecule has 1 unspecified atom stereocenters. The second-order valence-electron chi connectivity index (χ2n) is 8.61. The minimum atomic E-state index is -2.21. The van der Waals surface area contributed by atoms with Crippen LogP contribution in [0.3, 0.4) is 0 Å². The summed E-state index contributed by atoms with van der Waals surface area (Å²) >= 11 is 10.0. The molecule has 1 heterocycles. The van der Waals surface area contributed by atoms with Crippen molar-refractivity contribution in [1.29, 1.82) is 5.26 Å². The number of hydrogen-bond acceptors (Lipinski definition) is 7. The number of nitriles is 1. The number of ether oxygens (including phenoxy) is 1. The van der Waals surface area contributed by atoms with Crippen molar-refractivity contribution in [3.63, 3.8) is 0 Å². The number of hydrogen-bond donors (Lipinski definition) is 0. The molecule has 5 rings (SSSR count). The van der Waals surface area contributed by atoms with Crippen molar-refractivity contribution in [1.82, 2.24) is 9.97 Å². The van der Waals surface area contributed by atoms with Crippen LogP contribution in [0.5, 0.6) is 5.75 Å². The number of rotatable bonds is 9. The Labute approximate surface area is 226 Å². The van der Waals surface area contributed by atoms with E-state index in [1.807, 2.05) is 48.5 Å². The molecule has 1 aromatic heterocycles. The van der Waals surface area contributed by atoms with Gasteiger partial charge in [0.2, 0.25) is 0 Å². The van der Waals surface area contributed by atoms with Crippen molar-refractivity contribution in [2.24, 2.45) is 0 Å². The zero-order valence-corrected chi connectivity index (χ0v) is 21.9. The van der Waals surface area contributed by atoms with Gasteiger partial charge in [-0.3, -0.25) is 9.19 Å². The topological polar surface area (TPSA) is 102 Å². The number of alkyl halides is 1. The summed E-state index contributed by atoms with van der Waals surface area (Å²) in [5, 5.41) is 10.1. The fourth-order valence-electron chi connectivity index (χ4n) is 4.23. The lowest BCUT2D eigenvalue weighted by atomic mass is 10.0. The first-order valence-electron chi connectivity index (χ1n) is 11.6. The van der Waals surface area contributed by atoms with Gasteiger partial charge in [0, 0.05) is 17.4 Å². The quantitative estimate of drug-likeness (QED) is 0.182. The maximum atomic E-state index is 11.0. The molecule has 1 atom stereocenters. The number of halogens is 2. The maximum absolute atomic E-state index is 11.0. The van der Waals surface area contributed by atoms with Gasteiger partial charge in [-0.2, -0.15) is 5.26 Å². The first-order valence-corrected chi connectivity index (χ1v) is 13.8. The highest BCUT2D eigenvalue weighted by molar-refractivity contribution is 7.78. The van der Waals surface area contributed by atoms with Crippen LogP contribution in [0, 0.1) is 11.3 Å². The van der Waals surface area contributed by atoms with Crippen LogP contribution < -0.4 is 9.64 Å². The predicted octanol–water partition coefficient (Wildman–Crippen LogP) is 6.12. The Balaban J connectivity index is 1.43. The van der Waals surface area contributed by atoms with Crippen LogP contribution in [0.25, 0.3) is 22.2 Å². The Kier molecular flexibility index (Phi) is 7.58. The smallest absolute Gasteiger partial charge is 0.155 e. The average Bonchev–Trinajstić information content (AvgIpc) is 3.73. The molecule has 10 heteroatoms. The van der Waals surface area contributed by atoms with Crippen molar-refractivity contribution >= 4 is 56.7 Å². The molecule has 0 amide bonds. The van der Waals surface area contributed by atoms with Crippen molar-refractivity contribution < 1.29 is 13.5 Å². The molecule has 188 valence electrons. The second kappa shape index (κ2) is 11.0. The molecule has 1 aliphatic carbocycles. The van der Waals surface area contributed by atoms with Gasteiger partial charge in [0.15, 0.2) is 5.75 Å². The number of fused-ring (bicyclic) bond motifs is 1. The molecule has 3 aromatic carbocycles. The van der Waals surface area contributed by atoms with Gasteiger partial charge in [-0.1, -0.05) is 29.8 Å². The van der Waals surface area contributed by atoms with Gasteiger partial charge >= 0.3 is 0 Å². The summed E-state index contributed by atoms with van der Waals surface area (Å²) < 4.78 is 27.5. The van der Waals surface area contributed by atoms with Crippen LogP contribution in [0.1, 0.15) is 24.1 Å². The average molecular weight is 552 g/mol. The van der Waals surface area contributed by atoms with Gasteiger partial charge in [-0.25, -0.2) is 4.98 Å². The standard InChI is InChI=1S/C27H22Cl2N4O3S/c28-9-10-36-27-19(14-30)11-23(13-24(27)29)33(22-6-7-22)21-4-1-17(2-5-21)18-3-8-25-26(12-18)31-15-20(32-25)16-37(34)35/h1-5,8,11-13,15,22H,6-7,9-10,16H2,(H,34,35)/p-1. The highest BCUT2D eigenvalue weighted by Crippen LogP contribution is 2.42. The van der Waals surface area contributed by atoms with Gasteiger partial charge in [0.05, 0.1) is 45.1 Å². The molecule has 0 N–H and O–H groups in total. The van der Waals surface area contributed by atoms with Gasteiger partial charge in [0.1, 0.15) is 12.7 Å². The van der Waals surface area contributed by atoms with E-state index in [0.29, 0.717) is 45.0 Å². The molecule has 0 aliphatic heterocycles. The lowest BCUT2D eigenvalue weighted by Crippen LogP contribution is -2.19. The first-order chi connectivity index (χ1) is 18.0. The highest BCUT2D eigenvalue weighted by atomic mass is 35.5. The molecule has 4 aromatic rings. The molecule has 37 heavy (non-hydrogen) atoms. The molecular formula is C27H21Cl2N4O3S-. The van der Waals surface area contributed by atoms with Gasteiger partial charge < -0.3 is 14.2 Å². The third kappa shape index (κ3) is 5.71. The molecule has 1 fully saturated rings. The van der Waals surface area contributed by atoms with Crippen molar-refractivity contribution in [3.8, 4) is 22.9 Å². The zero-order chi connectivity index (χ0) is 25.9. The van der Waals surface area contributed by atoms with E-state index in [4.69, 9.17) is 27.9 Å². The third-order valence-corrected chi connectivity index (χ3v) is 6.97. The molecule has 0 saturated heterocycles. The van der Waals surface area contributed by atoms with Crippen molar-refractivity contribution in [2.45, 2.75) is 24.6 Å². The Bertz CT molecular complexity index is 1520. The van der Waals surface area contributed by atoms with E-state index in [1.165, 1.54) is 6.20 Å². The van der Waals surface area contributed by atoms with E-state index in [0.717, 1.165) is 35.3 Å². The van der Waals surface area contributed by atoms with Crippen molar-refractivity contribution in [3.05, 3.63) is 77.1 Å². The Morgan fingerprint density at radius 1 is 1.08 bits per heavy atom. The molecular weight excluding hydrogens is 531 g/mol. The Hall–Kier alpha value is -3.22. The minimum Gasteiger partial charge on any atom is -0.772 e. The van der Waals surface area contributed by atoms with Crippen molar-refractivity contribution in [2.75, 3.05) is 17.4 Å². The van der Waals surface area contributed by atoms with E-state index < -0.39 is 11.1 Å². The summed E-state index contributed by atoms with van der Waals surface area (Å²) in [6.07, 6.45) is 3.60. The van der Waals surface area contributed by atoms with Crippen LogP contribution in [-0.4, -0.2) is 37.3 Å². The van der Waals surface area contributed by atoms with Crippen LogP contribution in [-0.2, 0) is 16.8 Å². The molecule has 0 bridgehead atoms. The summed E-state index contributed by atoms with van der Waals surface area (Å²) in [6, 6.07) is 20.1. The maximum Gasteiger partial charge on any atom is 0.155 e. The van der Waals surface area contributed by atoms with E-state index in [1.54, 1.807) is 6.07 Å². The highest BCUT2D eigenvalue weighted by Gasteiger charge is 2.31. The molecule has 1 aliphatic rings. The van der Waals surface area contributed by atoms with E-state index in [9.17, 15) is 14.0 Å². The monoisotopic (exact) mass is 551 g/mol. The Morgan fingerprint density at radius 2 is 1.84 bits per heavy atom. The van der Waals surface area contributed by atoms with Crippen LogP contribution in [0.15, 0.2) is 60.8 Å². The van der Waals surface area contributed by atoms with Crippen LogP contribution >= 0.6 is 23.2 Å². The SMILES string of the molecule is N#Cc1cc(N(c2ccc(-c3ccc4nc(CS(=O)[O-])cnc4c3)cc2)C2CC2)cc(Cl)c1OCCCl. The normalized spacial score (nSPS) is 13.8. The first kappa shape index (κ1) is 25.4. The van der Waals surface area contributed by atoms with E-state index >= 15 is 0 Å². The fraction of sp³-hybridized carbons (Fsp3) is 0.222. The van der Waals surface area contributed by atoms with Gasteiger partial charge in [0.25, 0.3) is 0 Å². The molecule has 0 radical (unpaired) electrons. The van der Waals surface area contributed by atoms with Crippen LogP contribution in [0.4, 0.5) is 11.4 Å².